The molecule has 2 heterocycles. The summed E-state index contributed by atoms with van der Waals surface area (Å²) in [6.45, 7) is 0. The molecule has 0 fully saturated rings. The lowest BCUT2D eigenvalue weighted by atomic mass is 10.2. The quantitative estimate of drug-likeness (QED) is 0.613. The van der Waals surface area contributed by atoms with Crippen molar-refractivity contribution in [2.45, 2.75) is 0 Å². The van der Waals surface area contributed by atoms with Crippen molar-refractivity contribution in [1.29, 1.82) is 0 Å². The highest BCUT2D eigenvalue weighted by molar-refractivity contribution is 6.36. The molecule has 0 spiro atoms. The maximum atomic E-state index is 6.01. The summed E-state index contributed by atoms with van der Waals surface area (Å²) >= 11 is 6.01. The Kier molecular flexibility index (Phi) is 2.50. The minimum absolute atomic E-state index is 0. The summed E-state index contributed by atoms with van der Waals surface area (Å²) in [4.78, 5) is 11.3. The Labute approximate surface area is 96.9 Å². The third-order valence-corrected chi connectivity index (χ3v) is 2.54. The van der Waals surface area contributed by atoms with Crippen molar-refractivity contribution in [3.63, 3.8) is 0 Å². The normalized spacial score (nSPS) is 10.5. The molecule has 0 aliphatic carbocycles. The molecule has 0 saturated carbocycles. The number of fused-ring (bicyclic) bond motifs is 3. The van der Waals surface area contributed by atoms with Crippen molar-refractivity contribution in [2.75, 3.05) is 0 Å². The van der Waals surface area contributed by atoms with Crippen LogP contribution < -0.4 is 0 Å². The highest BCUT2D eigenvalue weighted by atomic mass is 35.5. The zero-order chi connectivity index (χ0) is 9.54. The molecular formula is C10H7Cl2N3. The third-order valence-electron chi connectivity index (χ3n) is 2.25. The van der Waals surface area contributed by atoms with Gasteiger partial charge in [-0.15, -0.1) is 12.4 Å². The number of para-hydroxylation sites is 1. The predicted molar refractivity (Wildman–Crippen MR) is 63.7 cm³/mol. The van der Waals surface area contributed by atoms with Gasteiger partial charge in [-0.25, -0.2) is 9.97 Å². The van der Waals surface area contributed by atoms with Gasteiger partial charge in [-0.3, -0.25) is 0 Å². The van der Waals surface area contributed by atoms with Crippen LogP contribution in [0.1, 0.15) is 0 Å². The molecule has 3 rings (SSSR count). The molecule has 3 nitrogen and oxygen atoms in total. The molecule has 0 atom stereocenters. The third kappa shape index (κ3) is 1.44. The van der Waals surface area contributed by atoms with Crippen molar-refractivity contribution >= 4 is 45.9 Å². The van der Waals surface area contributed by atoms with Crippen molar-refractivity contribution in [3.8, 4) is 0 Å². The number of aromatic nitrogens is 3. The fraction of sp³-hybridized carbons (Fsp3) is 0. The number of rotatable bonds is 0. The Morgan fingerprint density at radius 2 is 1.93 bits per heavy atom. The number of aromatic amines is 1. The van der Waals surface area contributed by atoms with E-state index >= 15 is 0 Å². The Bertz CT molecular complexity index is 618. The summed E-state index contributed by atoms with van der Waals surface area (Å²) in [5.41, 5.74) is 1.82. The van der Waals surface area contributed by atoms with Gasteiger partial charge in [0, 0.05) is 10.9 Å². The van der Waals surface area contributed by atoms with Crippen molar-refractivity contribution < 1.29 is 0 Å². The number of H-pyrrole nitrogens is 1. The second-order valence-electron chi connectivity index (χ2n) is 3.06. The van der Waals surface area contributed by atoms with Gasteiger partial charge in [0.2, 0.25) is 0 Å². The molecule has 3 aromatic rings. The topological polar surface area (TPSA) is 41.6 Å². The average Bonchev–Trinajstić information content (AvgIpc) is 2.57. The van der Waals surface area contributed by atoms with Gasteiger partial charge in [0.1, 0.15) is 17.1 Å². The first-order valence-corrected chi connectivity index (χ1v) is 4.61. The van der Waals surface area contributed by atoms with Crippen LogP contribution in [0.5, 0.6) is 0 Å². The van der Waals surface area contributed by atoms with E-state index in [1.54, 1.807) is 0 Å². The first-order chi connectivity index (χ1) is 6.86. The molecule has 0 bridgehead atoms. The lowest BCUT2D eigenvalue weighted by Gasteiger charge is -1.91. The summed E-state index contributed by atoms with van der Waals surface area (Å²) < 4.78 is 0. The van der Waals surface area contributed by atoms with Crippen LogP contribution in [-0.2, 0) is 0 Å². The van der Waals surface area contributed by atoms with Gasteiger partial charge in [0.15, 0.2) is 0 Å². The van der Waals surface area contributed by atoms with Crippen LogP contribution in [0.2, 0.25) is 5.15 Å². The molecule has 0 unspecified atom stereocenters. The molecule has 0 radical (unpaired) electrons. The van der Waals surface area contributed by atoms with Crippen molar-refractivity contribution in [2.24, 2.45) is 0 Å². The second kappa shape index (κ2) is 3.68. The monoisotopic (exact) mass is 239 g/mol. The minimum Gasteiger partial charge on any atom is -0.339 e. The second-order valence-corrected chi connectivity index (χ2v) is 3.42. The molecule has 5 heteroatoms. The molecule has 76 valence electrons. The van der Waals surface area contributed by atoms with E-state index in [0.717, 1.165) is 21.9 Å². The fourth-order valence-corrected chi connectivity index (χ4v) is 1.87. The van der Waals surface area contributed by atoms with Gasteiger partial charge in [-0.2, -0.15) is 0 Å². The maximum Gasteiger partial charge on any atom is 0.143 e. The van der Waals surface area contributed by atoms with Crippen LogP contribution in [-0.4, -0.2) is 15.0 Å². The van der Waals surface area contributed by atoms with E-state index in [2.05, 4.69) is 15.0 Å². The van der Waals surface area contributed by atoms with Gasteiger partial charge < -0.3 is 4.98 Å². The minimum atomic E-state index is 0. The highest BCUT2D eigenvalue weighted by Gasteiger charge is 2.07. The van der Waals surface area contributed by atoms with Gasteiger partial charge in [0.05, 0.1) is 5.39 Å². The number of benzene rings is 1. The first-order valence-electron chi connectivity index (χ1n) is 4.23. The molecule has 1 N–H and O–H groups in total. The Balaban J connectivity index is 0.000000853. The highest BCUT2D eigenvalue weighted by Crippen LogP contribution is 2.27. The van der Waals surface area contributed by atoms with Gasteiger partial charge in [-0.05, 0) is 6.07 Å². The number of nitrogens with one attached hydrogen (secondary N) is 1. The SMILES string of the molecule is Cl.Clc1ncnc2[nH]c3ccccc3c12. The standard InChI is InChI=1S/C10H6ClN3.ClH/c11-9-8-6-3-1-2-4-7(6)14-10(8)13-5-12-9;/h1-5H,(H,12,13,14);1H. The lowest BCUT2D eigenvalue weighted by molar-refractivity contribution is 1.21. The van der Waals surface area contributed by atoms with Crippen molar-refractivity contribution in [1.82, 2.24) is 15.0 Å². The molecule has 0 aliphatic heterocycles. The van der Waals surface area contributed by atoms with Gasteiger partial charge >= 0.3 is 0 Å². The predicted octanol–water partition coefficient (Wildman–Crippen LogP) is 3.19. The summed E-state index contributed by atoms with van der Waals surface area (Å²) in [6.07, 6.45) is 1.46. The van der Waals surface area contributed by atoms with Crippen LogP contribution in [0, 0.1) is 0 Å². The van der Waals surface area contributed by atoms with E-state index < -0.39 is 0 Å². The Hall–Kier alpha value is -1.32. The zero-order valence-electron chi connectivity index (χ0n) is 7.57. The van der Waals surface area contributed by atoms with E-state index in [4.69, 9.17) is 11.6 Å². The molecule has 1 aromatic carbocycles. The smallest absolute Gasteiger partial charge is 0.143 e. The van der Waals surface area contributed by atoms with Crippen LogP contribution in [0.3, 0.4) is 0 Å². The Morgan fingerprint density at radius 3 is 2.80 bits per heavy atom. The summed E-state index contributed by atoms with van der Waals surface area (Å²) in [6, 6.07) is 7.94. The van der Waals surface area contributed by atoms with Gasteiger partial charge in [-0.1, -0.05) is 29.8 Å². The zero-order valence-corrected chi connectivity index (χ0v) is 9.14. The van der Waals surface area contributed by atoms with Crippen LogP contribution in [0.15, 0.2) is 30.6 Å². The summed E-state index contributed by atoms with van der Waals surface area (Å²) in [5, 5.41) is 2.45. The Morgan fingerprint density at radius 1 is 1.13 bits per heavy atom. The number of hydrogen-bond donors (Lipinski definition) is 1. The maximum absolute atomic E-state index is 6.01. The van der Waals surface area contributed by atoms with E-state index in [9.17, 15) is 0 Å². The van der Waals surface area contributed by atoms with E-state index in [1.807, 2.05) is 24.3 Å². The molecule has 15 heavy (non-hydrogen) atoms. The van der Waals surface area contributed by atoms with E-state index in [-0.39, 0.29) is 12.4 Å². The van der Waals surface area contributed by atoms with Gasteiger partial charge in [0.25, 0.3) is 0 Å². The largest absolute Gasteiger partial charge is 0.339 e. The summed E-state index contributed by atoms with van der Waals surface area (Å²) in [5.74, 6) is 0. The number of hydrogen-bond acceptors (Lipinski definition) is 2. The fourth-order valence-electron chi connectivity index (χ4n) is 1.64. The van der Waals surface area contributed by atoms with Crippen LogP contribution >= 0.6 is 24.0 Å². The van der Waals surface area contributed by atoms with E-state index in [0.29, 0.717) is 5.15 Å². The lowest BCUT2D eigenvalue weighted by Crippen LogP contribution is -1.79. The number of nitrogens with zero attached hydrogens (tertiary/aromatic N) is 2. The molecule has 2 aromatic heterocycles. The summed E-state index contributed by atoms with van der Waals surface area (Å²) in [7, 11) is 0. The first kappa shape index (κ1) is 10.2. The molecular weight excluding hydrogens is 233 g/mol. The molecule has 0 saturated heterocycles. The van der Waals surface area contributed by atoms with Crippen molar-refractivity contribution in [3.05, 3.63) is 35.7 Å². The average molecular weight is 240 g/mol. The molecule has 0 amide bonds. The van der Waals surface area contributed by atoms with Crippen LogP contribution in [0.4, 0.5) is 0 Å². The van der Waals surface area contributed by atoms with E-state index in [1.165, 1.54) is 6.33 Å². The number of halogens is 2. The van der Waals surface area contributed by atoms with Crippen LogP contribution in [0.25, 0.3) is 21.9 Å². The molecule has 0 aliphatic rings.